The van der Waals surface area contributed by atoms with Crippen LogP contribution in [0, 0.1) is 0 Å². The topological polar surface area (TPSA) is 64.3 Å². The van der Waals surface area contributed by atoms with Gasteiger partial charge in [-0.1, -0.05) is 12.1 Å². The highest BCUT2D eigenvalue weighted by Gasteiger charge is 2.30. The molecule has 0 bridgehead atoms. The Hall–Kier alpha value is -1.76. The molecule has 0 aliphatic carbocycles. The molecule has 7 heteroatoms. The highest BCUT2D eigenvalue weighted by molar-refractivity contribution is 5.77. The second-order valence-corrected chi connectivity index (χ2v) is 4.42. The molecule has 20 heavy (non-hydrogen) atoms. The van der Waals surface area contributed by atoms with Crippen molar-refractivity contribution >= 4 is 5.91 Å². The van der Waals surface area contributed by atoms with Gasteiger partial charge in [-0.05, 0) is 24.6 Å². The zero-order valence-corrected chi connectivity index (χ0v) is 11.0. The molecule has 0 aliphatic rings. The third-order valence-electron chi connectivity index (χ3n) is 2.47. The largest absolute Gasteiger partial charge is 0.484 e. The van der Waals surface area contributed by atoms with Crippen LogP contribution < -0.4 is 15.8 Å². The number of carbonyl (C=O) groups excluding carboxylic acids is 1. The van der Waals surface area contributed by atoms with Crippen LogP contribution in [-0.2, 0) is 11.3 Å². The van der Waals surface area contributed by atoms with E-state index >= 15 is 0 Å². The smallest absolute Gasteiger partial charge is 0.391 e. The van der Waals surface area contributed by atoms with E-state index in [1.54, 1.807) is 24.3 Å². The van der Waals surface area contributed by atoms with Crippen LogP contribution in [0.15, 0.2) is 24.3 Å². The normalized spacial score (nSPS) is 12.8. The molecule has 0 saturated heterocycles. The summed E-state index contributed by atoms with van der Waals surface area (Å²) in [5.41, 5.74) is 6.35. The Morgan fingerprint density at radius 3 is 2.45 bits per heavy atom. The maximum Gasteiger partial charge on any atom is 0.391 e. The van der Waals surface area contributed by atoms with E-state index in [0.29, 0.717) is 12.3 Å². The molecule has 3 N–H and O–H groups in total. The van der Waals surface area contributed by atoms with Gasteiger partial charge in [-0.15, -0.1) is 0 Å². The molecule has 112 valence electrons. The quantitative estimate of drug-likeness (QED) is 0.842. The molecule has 1 aromatic rings. The van der Waals surface area contributed by atoms with E-state index in [0.717, 1.165) is 5.56 Å². The van der Waals surface area contributed by atoms with Gasteiger partial charge in [0.2, 0.25) is 0 Å². The maximum atomic E-state index is 12.1. The van der Waals surface area contributed by atoms with Gasteiger partial charge < -0.3 is 15.8 Å². The zero-order chi connectivity index (χ0) is 15.2. The number of nitrogens with one attached hydrogen (secondary N) is 1. The predicted octanol–water partition coefficient (Wildman–Crippen LogP) is 1.98. The van der Waals surface area contributed by atoms with Crippen molar-refractivity contribution in [3.05, 3.63) is 29.8 Å². The summed E-state index contributed by atoms with van der Waals surface area (Å²) in [5, 5.41) is 2.23. The second-order valence-electron chi connectivity index (χ2n) is 4.42. The molecule has 4 nitrogen and oxygen atoms in total. The summed E-state index contributed by atoms with van der Waals surface area (Å²) in [6.45, 7) is 1.36. The van der Waals surface area contributed by atoms with Crippen molar-refractivity contribution in [2.45, 2.75) is 32.1 Å². The number of ether oxygens (including phenoxy) is 1. The first kappa shape index (κ1) is 16.3. The summed E-state index contributed by atoms with van der Waals surface area (Å²) >= 11 is 0. The Balaban J connectivity index is 2.35. The van der Waals surface area contributed by atoms with E-state index in [9.17, 15) is 18.0 Å². The molecule has 0 fully saturated rings. The lowest BCUT2D eigenvalue weighted by Gasteiger charge is -2.16. The minimum absolute atomic E-state index is 0.329. The fraction of sp³-hybridized carbons (Fsp3) is 0.462. The summed E-state index contributed by atoms with van der Waals surface area (Å²) in [4.78, 5) is 11.4. The number of halogens is 3. The lowest BCUT2D eigenvalue weighted by Crippen LogP contribution is -2.38. The molecule has 0 heterocycles. The van der Waals surface area contributed by atoms with Crippen LogP contribution in [0.25, 0.3) is 0 Å². The lowest BCUT2D eigenvalue weighted by molar-refractivity contribution is -0.141. The average molecular weight is 290 g/mol. The van der Waals surface area contributed by atoms with Crippen LogP contribution in [0.3, 0.4) is 0 Å². The zero-order valence-electron chi connectivity index (χ0n) is 11.0. The molecule has 0 spiro atoms. The second kappa shape index (κ2) is 7.14. The number of benzene rings is 1. The van der Waals surface area contributed by atoms with Crippen molar-refractivity contribution < 1.29 is 22.7 Å². The SMILES string of the molecule is CC(CC(F)(F)F)NC(=O)COc1ccc(CN)cc1. The minimum atomic E-state index is -4.30. The van der Waals surface area contributed by atoms with Crippen molar-refractivity contribution in [3.8, 4) is 5.75 Å². The van der Waals surface area contributed by atoms with Crippen molar-refractivity contribution in [3.63, 3.8) is 0 Å². The molecule has 1 atom stereocenters. The number of nitrogens with two attached hydrogens (primary N) is 1. The van der Waals surface area contributed by atoms with Crippen LogP contribution in [0.4, 0.5) is 13.2 Å². The van der Waals surface area contributed by atoms with Crippen LogP contribution in [-0.4, -0.2) is 24.7 Å². The molecule has 1 unspecified atom stereocenters. The van der Waals surface area contributed by atoms with Crippen molar-refractivity contribution in [1.82, 2.24) is 5.32 Å². The number of alkyl halides is 3. The van der Waals surface area contributed by atoms with Gasteiger partial charge in [0.15, 0.2) is 6.61 Å². The lowest BCUT2D eigenvalue weighted by atomic mass is 10.2. The monoisotopic (exact) mass is 290 g/mol. The van der Waals surface area contributed by atoms with Gasteiger partial charge in [0.25, 0.3) is 5.91 Å². The van der Waals surface area contributed by atoms with E-state index < -0.39 is 24.5 Å². The summed E-state index contributed by atoms with van der Waals surface area (Å²) < 4.78 is 41.4. The van der Waals surface area contributed by atoms with E-state index in [1.165, 1.54) is 6.92 Å². The third kappa shape index (κ3) is 6.42. The van der Waals surface area contributed by atoms with Gasteiger partial charge in [-0.3, -0.25) is 4.79 Å². The van der Waals surface area contributed by atoms with E-state index in [-0.39, 0.29) is 6.61 Å². The van der Waals surface area contributed by atoms with Crippen molar-refractivity contribution in [2.75, 3.05) is 6.61 Å². The highest BCUT2D eigenvalue weighted by atomic mass is 19.4. The number of carbonyl (C=O) groups is 1. The molecule has 1 rings (SSSR count). The van der Waals surface area contributed by atoms with Crippen LogP contribution in [0.1, 0.15) is 18.9 Å². The molecule has 0 aliphatic heterocycles. The first-order valence-electron chi connectivity index (χ1n) is 6.08. The van der Waals surface area contributed by atoms with Gasteiger partial charge in [0, 0.05) is 12.6 Å². The Morgan fingerprint density at radius 1 is 1.35 bits per heavy atom. The van der Waals surface area contributed by atoms with Crippen LogP contribution >= 0.6 is 0 Å². The fourth-order valence-corrected chi connectivity index (χ4v) is 1.59. The Morgan fingerprint density at radius 2 is 1.95 bits per heavy atom. The van der Waals surface area contributed by atoms with Gasteiger partial charge in [0.1, 0.15) is 5.75 Å². The Bertz CT molecular complexity index is 432. The standard InChI is InChI=1S/C13H17F3N2O2/c1-9(6-13(14,15)16)18-12(19)8-20-11-4-2-10(7-17)3-5-11/h2-5,9H,6-8,17H2,1H3,(H,18,19). The third-order valence-corrected chi connectivity index (χ3v) is 2.47. The first-order chi connectivity index (χ1) is 9.30. The van der Waals surface area contributed by atoms with E-state index in [4.69, 9.17) is 10.5 Å². The summed E-state index contributed by atoms with van der Waals surface area (Å²) in [6.07, 6.45) is -5.37. The molecule has 1 aromatic carbocycles. The predicted molar refractivity (Wildman–Crippen MR) is 68.1 cm³/mol. The fourth-order valence-electron chi connectivity index (χ4n) is 1.59. The van der Waals surface area contributed by atoms with Crippen molar-refractivity contribution in [1.29, 1.82) is 0 Å². The molecular weight excluding hydrogens is 273 g/mol. The van der Waals surface area contributed by atoms with Gasteiger partial charge in [0.05, 0.1) is 6.42 Å². The van der Waals surface area contributed by atoms with Gasteiger partial charge in [-0.2, -0.15) is 13.2 Å². The molecule has 0 saturated carbocycles. The van der Waals surface area contributed by atoms with Crippen LogP contribution in [0.5, 0.6) is 5.75 Å². The summed E-state index contributed by atoms with van der Waals surface area (Å²) in [5.74, 6) is -0.134. The summed E-state index contributed by atoms with van der Waals surface area (Å²) in [6, 6.07) is 5.81. The van der Waals surface area contributed by atoms with E-state index in [1.807, 2.05) is 0 Å². The Kier molecular flexibility index (Phi) is 5.82. The van der Waals surface area contributed by atoms with Crippen LogP contribution in [0.2, 0.25) is 0 Å². The minimum Gasteiger partial charge on any atom is -0.484 e. The number of hydrogen-bond acceptors (Lipinski definition) is 3. The molecular formula is C13H17F3N2O2. The Labute approximate surface area is 115 Å². The molecule has 0 aromatic heterocycles. The summed E-state index contributed by atoms with van der Waals surface area (Å²) in [7, 11) is 0. The van der Waals surface area contributed by atoms with Crippen molar-refractivity contribution in [2.24, 2.45) is 5.73 Å². The number of rotatable bonds is 6. The highest BCUT2D eigenvalue weighted by Crippen LogP contribution is 2.21. The number of hydrogen-bond donors (Lipinski definition) is 2. The molecule has 0 radical (unpaired) electrons. The van der Waals surface area contributed by atoms with Gasteiger partial charge in [-0.25, -0.2) is 0 Å². The first-order valence-corrected chi connectivity index (χ1v) is 6.08. The van der Waals surface area contributed by atoms with Gasteiger partial charge >= 0.3 is 6.18 Å². The number of amides is 1. The molecule has 1 amide bonds. The van der Waals surface area contributed by atoms with E-state index in [2.05, 4.69) is 5.32 Å². The maximum absolute atomic E-state index is 12.1. The average Bonchev–Trinajstić information content (AvgIpc) is 2.34.